The Balaban J connectivity index is 1.45. The first-order chi connectivity index (χ1) is 13.5. The molecule has 0 spiro atoms. The molecule has 0 aliphatic carbocycles. The Morgan fingerprint density at radius 3 is 2.54 bits per heavy atom. The van der Waals surface area contributed by atoms with Crippen LogP contribution in [0.1, 0.15) is 41.6 Å². The first-order valence-corrected chi connectivity index (χ1v) is 9.55. The van der Waals surface area contributed by atoms with Crippen LogP contribution in [0.25, 0.3) is 0 Å². The summed E-state index contributed by atoms with van der Waals surface area (Å²) < 4.78 is 26.8. The van der Waals surface area contributed by atoms with Gasteiger partial charge in [0.15, 0.2) is 5.78 Å². The van der Waals surface area contributed by atoms with Gasteiger partial charge in [-0.05, 0) is 49.7 Å². The van der Waals surface area contributed by atoms with Crippen molar-refractivity contribution in [2.45, 2.75) is 38.3 Å². The quantitative estimate of drug-likeness (QED) is 0.738. The molecule has 148 valence electrons. The normalized spacial score (nSPS) is 17.3. The third-order valence-corrected chi connectivity index (χ3v) is 4.97. The molecule has 0 bridgehead atoms. The molecule has 6 heteroatoms. The lowest BCUT2D eigenvalue weighted by Gasteiger charge is -2.33. The lowest BCUT2D eigenvalue weighted by molar-refractivity contribution is -0.122. The Kier molecular flexibility index (Phi) is 6.87. The predicted octanol–water partition coefficient (Wildman–Crippen LogP) is 3.71. The Bertz CT molecular complexity index is 824. The third kappa shape index (κ3) is 5.70. The van der Waals surface area contributed by atoms with Crippen molar-refractivity contribution in [1.82, 2.24) is 10.2 Å². The Morgan fingerprint density at radius 2 is 1.79 bits per heavy atom. The molecule has 2 aromatic carbocycles. The number of Topliss-reactive ketones (excluding diaryl/α,β-unsaturated/α-hetero) is 1. The maximum Gasteiger partial charge on any atom is 0.220 e. The van der Waals surface area contributed by atoms with Gasteiger partial charge < -0.3 is 5.32 Å². The summed E-state index contributed by atoms with van der Waals surface area (Å²) in [5, 5.41) is 2.98. The van der Waals surface area contributed by atoms with E-state index in [-0.39, 0.29) is 36.4 Å². The molecule has 3 rings (SSSR count). The summed E-state index contributed by atoms with van der Waals surface area (Å²) in [6, 6.07) is 12.0. The standard InChI is InChI=1S/C22H24F2N2O2/c23-18-9-7-16(8-10-18)21(27)11-12-22(28)25-19-5-3-13-26(15-19)14-17-4-1-2-6-20(17)24/h1-2,4,6-10,19H,3,5,11-15H2,(H,25,28)/t19-/m0/s1. The van der Waals surface area contributed by atoms with Crippen LogP contribution in [0.15, 0.2) is 48.5 Å². The van der Waals surface area contributed by atoms with Crippen LogP contribution < -0.4 is 5.32 Å². The smallest absolute Gasteiger partial charge is 0.220 e. The van der Waals surface area contributed by atoms with Crippen molar-refractivity contribution in [3.63, 3.8) is 0 Å². The second-order valence-corrected chi connectivity index (χ2v) is 7.16. The number of carbonyl (C=O) groups excluding carboxylic acids is 2. The number of likely N-dealkylation sites (tertiary alicyclic amines) is 1. The number of hydrogen-bond acceptors (Lipinski definition) is 3. The van der Waals surface area contributed by atoms with Crippen molar-refractivity contribution in [2.75, 3.05) is 13.1 Å². The van der Waals surface area contributed by atoms with Crippen molar-refractivity contribution in [3.8, 4) is 0 Å². The van der Waals surface area contributed by atoms with E-state index >= 15 is 0 Å². The number of carbonyl (C=O) groups is 2. The van der Waals surface area contributed by atoms with Crippen LogP contribution in [-0.4, -0.2) is 35.7 Å². The van der Waals surface area contributed by atoms with Gasteiger partial charge in [0.2, 0.25) is 5.91 Å². The van der Waals surface area contributed by atoms with Gasteiger partial charge in [0.25, 0.3) is 0 Å². The van der Waals surface area contributed by atoms with E-state index in [0.717, 1.165) is 19.4 Å². The molecule has 1 amide bonds. The number of nitrogens with one attached hydrogen (secondary N) is 1. The van der Waals surface area contributed by atoms with E-state index in [1.54, 1.807) is 12.1 Å². The molecular formula is C22H24F2N2O2. The number of benzene rings is 2. The molecule has 0 saturated carbocycles. The van der Waals surface area contributed by atoms with E-state index in [2.05, 4.69) is 10.2 Å². The minimum absolute atomic E-state index is 0.00560. The molecule has 0 aromatic heterocycles. The summed E-state index contributed by atoms with van der Waals surface area (Å²) >= 11 is 0. The van der Waals surface area contributed by atoms with Crippen LogP contribution in [0.2, 0.25) is 0 Å². The van der Waals surface area contributed by atoms with Crippen LogP contribution in [0.5, 0.6) is 0 Å². The maximum absolute atomic E-state index is 13.8. The van der Waals surface area contributed by atoms with Crippen LogP contribution in [-0.2, 0) is 11.3 Å². The minimum Gasteiger partial charge on any atom is -0.352 e. The highest BCUT2D eigenvalue weighted by Gasteiger charge is 2.22. The van der Waals surface area contributed by atoms with Gasteiger partial charge in [-0.1, -0.05) is 18.2 Å². The van der Waals surface area contributed by atoms with E-state index in [0.29, 0.717) is 24.2 Å². The van der Waals surface area contributed by atoms with E-state index in [1.165, 1.54) is 30.3 Å². The highest BCUT2D eigenvalue weighted by molar-refractivity contribution is 5.97. The molecule has 1 aliphatic heterocycles. The molecular weight excluding hydrogens is 362 g/mol. The van der Waals surface area contributed by atoms with Crippen LogP contribution in [0.4, 0.5) is 8.78 Å². The van der Waals surface area contributed by atoms with Crippen molar-refractivity contribution >= 4 is 11.7 Å². The van der Waals surface area contributed by atoms with E-state index < -0.39 is 5.82 Å². The zero-order valence-corrected chi connectivity index (χ0v) is 15.7. The number of piperidine rings is 1. The SMILES string of the molecule is O=C(CCC(=O)c1ccc(F)cc1)N[C@H]1CCCN(Cc2ccccc2F)C1. The lowest BCUT2D eigenvalue weighted by Crippen LogP contribution is -2.47. The van der Waals surface area contributed by atoms with E-state index in [1.807, 2.05) is 6.07 Å². The molecule has 0 radical (unpaired) electrons. The number of ketones is 1. The van der Waals surface area contributed by atoms with Crippen LogP contribution in [0, 0.1) is 11.6 Å². The van der Waals surface area contributed by atoms with Gasteiger partial charge in [-0.3, -0.25) is 14.5 Å². The van der Waals surface area contributed by atoms with E-state index in [9.17, 15) is 18.4 Å². The van der Waals surface area contributed by atoms with Gasteiger partial charge >= 0.3 is 0 Å². The minimum atomic E-state index is -0.397. The van der Waals surface area contributed by atoms with Gasteiger partial charge in [0, 0.05) is 43.1 Å². The molecule has 1 saturated heterocycles. The summed E-state index contributed by atoms with van der Waals surface area (Å²) in [4.78, 5) is 26.4. The molecule has 2 aromatic rings. The van der Waals surface area contributed by atoms with Crippen molar-refractivity contribution < 1.29 is 18.4 Å². The average molecular weight is 386 g/mol. The lowest BCUT2D eigenvalue weighted by atomic mass is 10.0. The summed E-state index contributed by atoms with van der Waals surface area (Å²) in [5.41, 5.74) is 1.06. The first-order valence-electron chi connectivity index (χ1n) is 9.55. The number of hydrogen-bond donors (Lipinski definition) is 1. The fourth-order valence-corrected chi connectivity index (χ4v) is 3.49. The van der Waals surface area contributed by atoms with Crippen molar-refractivity contribution in [2.24, 2.45) is 0 Å². The zero-order valence-electron chi connectivity index (χ0n) is 15.7. The molecule has 1 atom stereocenters. The molecule has 1 aliphatic rings. The van der Waals surface area contributed by atoms with Gasteiger partial charge in [0.1, 0.15) is 11.6 Å². The Labute approximate surface area is 163 Å². The average Bonchev–Trinajstić information content (AvgIpc) is 2.69. The molecule has 1 N–H and O–H groups in total. The van der Waals surface area contributed by atoms with Crippen molar-refractivity contribution in [1.29, 1.82) is 0 Å². The van der Waals surface area contributed by atoms with Crippen molar-refractivity contribution in [3.05, 3.63) is 71.3 Å². The number of nitrogens with zero attached hydrogens (tertiary/aromatic N) is 1. The largest absolute Gasteiger partial charge is 0.352 e. The zero-order chi connectivity index (χ0) is 19.9. The summed E-state index contributed by atoms with van der Waals surface area (Å²) in [6.07, 6.45) is 1.97. The third-order valence-electron chi connectivity index (χ3n) is 4.97. The molecule has 1 fully saturated rings. The molecule has 0 unspecified atom stereocenters. The Hall–Kier alpha value is -2.60. The highest BCUT2D eigenvalue weighted by Crippen LogP contribution is 2.16. The second-order valence-electron chi connectivity index (χ2n) is 7.16. The fourth-order valence-electron chi connectivity index (χ4n) is 3.49. The second kappa shape index (κ2) is 9.55. The summed E-state index contributed by atoms with van der Waals surface area (Å²) in [7, 11) is 0. The monoisotopic (exact) mass is 386 g/mol. The van der Waals surface area contributed by atoms with Gasteiger partial charge in [-0.15, -0.1) is 0 Å². The molecule has 4 nitrogen and oxygen atoms in total. The van der Waals surface area contributed by atoms with Gasteiger partial charge in [-0.2, -0.15) is 0 Å². The topological polar surface area (TPSA) is 49.4 Å². The van der Waals surface area contributed by atoms with Crippen LogP contribution in [0.3, 0.4) is 0 Å². The summed E-state index contributed by atoms with van der Waals surface area (Å²) in [5.74, 6) is -0.965. The number of amides is 1. The molecule has 1 heterocycles. The maximum atomic E-state index is 13.8. The number of rotatable bonds is 7. The highest BCUT2D eigenvalue weighted by atomic mass is 19.1. The van der Waals surface area contributed by atoms with Crippen LogP contribution >= 0.6 is 0 Å². The van der Waals surface area contributed by atoms with Gasteiger partial charge in [-0.25, -0.2) is 8.78 Å². The fraction of sp³-hybridized carbons (Fsp3) is 0.364. The van der Waals surface area contributed by atoms with Gasteiger partial charge in [0.05, 0.1) is 0 Å². The first kappa shape index (κ1) is 20.1. The Morgan fingerprint density at radius 1 is 1.04 bits per heavy atom. The number of halogens is 2. The predicted molar refractivity (Wildman–Crippen MR) is 103 cm³/mol. The molecule has 28 heavy (non-hydrogen) atoms. The van der Waals surface area contributed by atoms with E-state index in [4.69, 9.17) is 0 Å². The summed E-state index contributed by atoms with van der Waals surface area (Å²) in [6.45, 7) is 2.04.